The minimum atomic E-state index is -0.145. The molecule has 2 nitrogen and oxygen atoms in total. The van der Waals surface area contributed by atoms with Crippen molar-refractivity contribution in [3.05, 3.63) is 0 Å². The van der Waals surface area contributed by atoms with Crippen LogP contribution in [0.25, 0.3) is 0 Å². The summed E-state index contributed by atoms with van der Waals surface area (Å²) in [4.78, 5) is 0. The zero-order valence-corrected chi connectivity index (χ0v) is 11.9. The molecule has 0 spiro atoms. The van der Waals surface area contributed by atoms with E-state index < -0.39 is 0 Å². The van der Waals surface area contributed by atoms with Gasteiger partial charge >= 0.3 is 0 Å². The van der Waals surface area contributed by atoms with Gasteiger partial charge in [0.05, 0.1) is 32.7 Å². The molecule has 0 amide bonds. The molecule has 5 heteroatoms. The fourth-order valence-electron chi connectivity index (χ4n) is 0.819. The summed E-state index contributed by atoms with van der Waals surface area (Å²) in [7, 11) is 4.42. The normalized spacial score (nSPS) is 12.9. The molecule has 0 unspecified atom stereocenters. The fraction of sp³-hybridized carbons (Fsp3) is 1.00. The van der Waals surface area contributed by atoms with E-state index in [4.69, 9.17) is 23.6 Å². The first-order valence-electron chi connectivity index (χ1n) is 4.65. The van der Waals surface area contributed by atoms with Crippen molar-refractivity contribution in [1.29, 1.82) is 0 Å². The van der Waals surface area contributed by atoms with Gasteiger partial charge in [0.2, 0.25) is 0 Å². The van der Waals surface area contributed by atoms with Crippen molar-refractivity contribution in [2.75, 3.05) is 27.2 Å². The first kappa shape index (κ1) is 17.2. The Kier molecular flexibility index (Phi) is 7.85. The second kappa shape index (κ2) is 6.39. The van der Waals surface area contributed by atoms with E-state index in [1.165, 1.54) is 3.94 Å². The van der Waals surface area contributed by atoms with Gasteiger partial charge in [0.1, 0.15) is 0 Å². The minimum Gasteiger partial charge on any atom is -1.00 e. The Morgan fingerprint density at radius 3 is 1.93 bits per heavy atom. The predicted molar refractivity (Wildman–Crippen MR) is 59.8 cm³/mol. The Hall–Kier alpha value is 0.790. The maximum Gasteiger partial charge on any atom is 0.0801 e. The number of quaternary nitrogens is 1. The van der Waals surface area contributed by atoms with Crippen LogP contribution in [0.1, 0.15) is 27.2 Å². The monoisotopic (exact) mass is 262 g/mol. The highest BCUT2D eigenvalue weighted by atomic mass is 35.5. The summed E-state index contributed by atoms with van der Waals surface area (Å²) in [5, 5.41) is 0. The van der Waals surface area contributed by atoms with Gasteiger partial charge in [0, 0.05) is 6.42 Å². The van der Waals surface area contributed by atoms with E-state index in [2.05, 4.69) is 21.0 Å². The maximum absolute atomic E-state index is 5.73. The van der Waals surface area contributed by atoms with E-state index in [0.717, 1.165) is 24.0 Å². The SMILES string of the molecule is CC[N+](C)(C)CCC(C)(C)N(Cl)Cl.[Cl-]. The summed E-state index contributed by atoms with van der Waals surface area (Å²) in [5.41, 5.74) is -0.145. The summed E-state index contributed by atoms with van der Waals surface area (Å²) in [5.74, 6) is 0. The highest BCUT2D eigenvalue weighted by molar-refractivity contribution is 6.34. The molecule has 0 saturated carbocycles. The van der Waals surface area contributed by atoms with Crippen LogP contribution in [0.2, 0.25) is 0 Å². The molecule has 0 atom stereocenters. The van der Waals surface area contributed by atoms with Crippen molar-refractivity contribution in [1.82, 2.24) is 3.94 Å². The van der Waals surface area contributed by atoms with Gasteiger partial charge in [0.25, 0.3) is 0 Å². The van der Waals surface area contributed by atoms with Crippen LogP contribution in [-0.2, 0) is 0 Å². The van der Waals surface area contributed by atoms with Crippen LogP contribution in [-0.4, -0.2) is 41.1 Å². The van der Waals surface area contributed by atoms with Crippen molar-refractivity contribution in [2.24, 2.45) is 0 Å². The van der Waals surface area contributed by atoms with Crippen LogP contribution in [0.4, 0.5) is 0 Å². The van der Waals surface area contributed by atoms with Crippen LogP contribution in [0.15, 0.2) is 0 Å². The molecule has 0 aliphatic carbocycles. The quantitative estimate of drug-likeness (QED) is 0.493. The largest absolute Gasteiger partial charge is 1.00 e. The third-order valence-electron chi connectivity index (χ3n) is 2.64. The van der Waals surface area contributed by atoms with E-state index in [1.807, 2.05) is 13.8 Å². The number of rotatable bonds is 5. The van der Waals surface area contributed by atoms with Gasteiger partial charge < -0.3 is 16.9 Å². The van der Waals surface area contributed by atoms with Crippen molar-refractivity contribution in [3.63, 3.8) is 0 Å². The van der Waals surface area contributed by atoms with Crippen molar-refractivity contribution in [2.45, 2.75) is 32.7 Å². The van der Waals surface area contributed by atoms with E-state index in [9.17, 15) is 0 Å². The maximum atomic E-state index is 5.73. The minimum absolute atomic E-state index is 0. The average molecular weight is 264 g/mol. The molecule has 0 heterocycles. The molecule has 0 saturated heterocycles. The molecule has 88 valence electrons. The number of nitrogens with zero attached hydrogens (tertiary/aromatic N) is 2. The highest BCUT2D eigenvalue weighted by Crippen LogP contribution is 2.24. The smallest absolute Gasteiger partial charge is 0.0801 e. The van der Waals surface area contributed by atoms with Gasteiger partial charge in [-0.25, -0.2) is 0 Å². The summed E-state index contributed by atoms with van der Waals surface area (Å²) >= 11 is 11.5. The molecule has 0 aromatic heterocycles. The molecule has 0 aromatic carbocycles. The van der Waals surface area contributed by atoms with Crippen LogP contribution in [0, 0.1) is 0 Å². The molecule has 0 rings (SSSR count). The lowest BCUT2D eigenvalue weighted by atomic mass is 10.0. The van der Waals surface area contributed by atoms with Crippen molar-refractivity contribution >= 4 is 23.6 Å². The summed E-state index contributed by atoms with van der Waals surface area (Å²) in [6.07, 6.45) is 0.987. The van der Waals surface area contributed by atoms with Crippen molar-refractivity contribution in [3.8, 4) is 0 Å². The van der Waals surface area contributed by atoms with Crippen LogP contribution >= 0.6 is 23.6 Å². The molecule has 14 heavy (non-hydrogen) atoms. The first-order valence-corrected chi connectivity index (χ1v) is 5.33. The summed E-state index contributed by atoms with van der Waals surface area (Å²) in [6, 6.07) is 0. The Labute approximate surface area is 104 Å². The number of halogens is 3. The molecular formula is C9H21Cl3N2. The Bertz CT molecular complexity index is 158. The third kappa shape index (κ3) is 6.31. The Balaban J connectivity index is 0. The lowest BCUT2D eigenvalue weighted by molar-refractivity contribution is -0.889. The molecule has 0 radical (unpaired) electrons. The van der Waals surface area contributed by atoms with E-state index >= 15 is 0 Å². The second-order valence-corrected chi connectivity index (χ2v) is 5.62. The Morgan fingerprint density at radius 2 is 1.64 bits per heavy atom. The summed E-state index contributed by atoms with van der Waals surface area (Å²) in [6.45, 7) is 8.48. The average Bonchev–Trinajstić information content (AvgIpc) is 2.01. The van der Waals surface area contributed by atoms with Crippen molar-refractivity contribution < 1.29 is 16.9 Å². The van der Waals surface area contributed by atoms with Gasteiger partial charge in [-0.05, 0) is 44.3 Å². The van der Waals surface area contributed by atoms with Crippen LogP contribution in [0.5, 0.6) is 0 Å². The summed E-state index contributed by atoms with van der Waals surface area (Å²) < 4.78 is 2.26. The van der Waals surface area contributed by atoms with Gasteiger partial charge in [0.15, 0.2) is 0 Å². The molecule has 0 aliphatic heterocycles. The van der Waals surface area contributed by atoms with Gasteiger partial charge in [-0.2, -0.15) is 0 Å². The third-order valence-corrected chi connectivity index (χ3v) is 3.56. The molecular weight excluding hydrogens is 242 g/mol. The highest BCUT2D eigenvalue weighted by Gasteiger charge is 2.27. The zero-order valence-electron chi connectivity index (χ0n) is 9.65. The fourth-order valence-corrected chi connectivity index (χ4v) is 0.988. The number of hydrogen-bond acceptors (Lipinski definition) is 1. The zero-order chi connectivity index (χ0) is 10.7. The topological polar surface area (TPSA) is 3.24 Å². The molecule has 0 bridgehead atoms. The Morgan fingerprint density at radius 1 is 1.21 bits per heavy atom. The van der Waals surface area contributed by atoms with Crippen LogP contribution in [0.3, 0.4) is 0 Å². The van der Waals surface area contributed by atoms with E-state index in [0.29, 0.717) is 0 Å². The molecule has 0 N–H and O–H groups in total. The van der Waals surface area contributed by atoms with Crippen LogP contribution < -0.4 is 12.4 Å². The standard InChI is InChI=1S/C9H21Cl2N2.ClH/c1-6-13(4,5)8-7-9(2,3)12(10)11;/h6-8H2,1-5H3;1H/q+1;/p-1. The van der Waals surface area contributed by atoms with E-state index in [-0.39, 0.29) is 17.9 Å². The van der Waals surface area contributed by atoms with Gasteiger partial charge in [-0.1, -0.05) is 0 Å². The number of hydrogen-bond donors (Lipinski definition) is 0. The van der Waals surface area contributed by atoms with Gasteiger partial charge in [-0.3, -0.25) is 0 Å². The molecule has 0 aromatic rings. The predicted octanol–water partition coefficient (Wildman–Crippen LogP) is -0.135. The molecule has 0 aliphatic rings. The van der Waals surface area contributed by atoms with E-state index in [1.54, 1.807) is 0 Å². The van der Waals surface area contributed by atoms with Gasteiger partial charge in [-0.15, -0.1) is 3.94 Å². The first-order chi connectivity index (χ1) is 5.71. The lowest BCUT2D eigenvalue weighted by Crippen LogP contribution is -3.00. The molecule has 0 fully saturated rings. The lowest BCUT2D eigenvalue weighted by Gasteiger charge is -2.34. The second-order valence-electron chi connectivity index (χ2n) is 4.77.